The van der Waals surface area contributed by atoms with E-state index >= 15 is 0 Å². The molecular formula is C34H33N3S. The summed E-state index contributed by atoms with van der Waals surface area (Å²) in [5.74, 6) is 0.964. The molecule has 0 amide bonds. The SMILES string of the molecule is CC(C)(C)c1ccc2c(c1)c1cc(C(C)(C)C)ccc1n2-c1ccc2c(c1)nc1n2-c2ccccc2CS1. The number of rotatable bonds is 1. The predicted octanol–water partition coefficient (Wildman–Crippen LogP) is 9.32. The van der Waals surface area contributed by atoms with Crippen LogP contribution in [-0.2, 0) is 16.6 Å². The number of aromatic nitrogens is 3. The Bertz CT molecular complexity index is 1820. The summed E-state index contributed by atoms with van der Waals surface area (Å²) in [6, 6.07) is 29.5. The van der Waals surface area contributed by atoms with Crippen LogP contribution in [0.5, 0.6) is 0 Å². The Kier molecular flexibility index (Phi) is 4.97. The van der Waals surface area contributed by atoms with Gasteiger partial charge in [-0.2, -0.15) is 0 Å². The summed E-state index contributed by atoms with van der Waals surface area (Å²) in [6.45, 7) is 13.7. The summed E-state index contributed by atoms with van der Waals surface area (Å²) in [5, 5.41) is 3.70. The molecule has 1 aliphatic rings. The van der Waals surface area contributed by atoms with Gasteiger partial charge in [-0.3, -0.25) is 4.57 Å². The van der Waals surface area contributed by atoms with Crippen molar-refractivity contribution in [1.29, 1.82) is 0 Å². The molecule has 0 spiro atoms. The fourth-order valence-electron chi connectivity index (χ4n) is 5.74. The van der Waals surface area contributed by atoms with Gasteiger partial charge in [-0.1, -0.05) is 83.6 Å². The lowest BCUT2D eigenvalue weighted by Crippen LogP contribution is -2.10. The van der Waals surface area contributed by atoms with Crippen molar-refractivity contribution >= 4 is 44.6 Å². The number of nitrogens with zero attached hydrogens (tertiary/aromatic N) is 3. The molecule has 0 saturated carbocycles. The van der Waals surface area contributed by atoms with Crippen LogP contribution >= 0.6 is 11.8 Å². The molecule has 0 bridgehead atoms. The number of thioether (sulfide) groups is 1. The molecule has 190 valence electrons. The molecule has 2 aromatic heterocycles. The van der Waals surface area contributed by atoms with E-state index in [1.165, 1.54) is 44.2 Å². The van der Waals surface area contributed by atoms with E-state index in [4.69, 9.17) is 4.98 Å². The van der Waals surface area contributed by atoms with E-state index in [-0.39, 0.29) is 10.8 Å². The van der Waals surface area contributed by atoms with Gasteiger partial charge >= 0.3 is 0 Å². The minimum absolute atomic E-state index is 0.0899. The Morgan fingerprint density at radius 2 is 1.26 bits per heavy atom. The molecule has 0 unspecified atom stereocenters. The maximum absolute atomic E-state index is 5.09. The lowest BCUT2D eigenvalue weighted by atomic mass is 9.85. The van der Waals surface area contributed by atoms with Crippen molar-refractivity contribution in [3.63, 3.8) is 0 Å². The summed E-state index contributed by atoms with van der Waals surface area (Å²) < 4.78 is 4.74. The van der Waals surface area contributed by atoms with Crippen molar-refractivity contribution in [3.8, 4) is 11.4 Å². The number of hydrogen-bond acceptors (Lipinski definition) is 2. The molecule has 6 aromatic rings. The van der Waals surface area contributed by atoms with Crippen LogP contribution < -0.4 is 0 Å². The highest BCUT2D eigenvalue weighted by Crippen LogP contribution is 2.40. The lowest BCUT2D eigenvalue weighted by molar-refractivity contribution is 0.590. The van der Waals surface area contributed by atoms with Gasteiger partial charge in [0, 0.05) is 22.2 Å². The van der Waals surface area contributed by atoms with Crippen molar-refractivity contribution in [2.24, 2.45) is 0 Å². The standard InChI is InChI=1S/C34H33N3S/c1-33(2,3)22-11-14-29-25(17-22)26-18-23(34(4,5)6)12-15-30(26)36(29)24-13-16-31-27(19-24)35-32-37(31)28-10-8-7-9-21(28)20-38-32/h7-19H,20H2,1-6H3. The monoisotopic (exact) mass is 515 g/mol. The number of fused-ring (bicyclic) bond motifs is 8. The molecule has 3 heterocycles. The zero-order chi connectivity index (χ0) is 26.4. The normalized spacial score (nSPS) is 13.8. The van der Waals surface area contributed by atoms with Gasteiger partial charge in [0.25, 0.3) is 0 Å². The minimum atomic E-state index is 0.0899. The number of imidazole rings is 1. The van der Waals surface area contributed by atoms with E-state index in [0.29, 0.717) is 0 Å². The summed E-state index contributed by atoms with van der Waals surface area (Å²) in [7, 11) is 0. The summed E-state index contributed by atoms with van der Waals surface area (Å²) >= 11 is 1.82. The van der Waals surface area contributed by atoms with Gasteiger partial charge in [0.15, 0.2) is 5.16 Å². The van der Waals surface area contributed by atoms with E-state index in [0.717, 1.165) is 27.6 Å². The fraction of sp³-hybridized carbons (Fsp3) is 0.265. The summed E-state index contributed by atoms with van der Waals surface area (Å²) in [5.41, 5.74) is 11.3. The van der Waals surface area contributed by atoms with Gasteiger partial charge in [0.1, 0.15) is 0 Å². The van der Waals surface area contributed by atoms with E-state index < -0.39 is 0 Å². The first-order valence-electron chi connectivity index (χ1n) is 13.4. The van der Waals surface area contributed by atoms with Crippen molar-refractivity contribution in [3.05, 3.63) is 95.6 Å². The van der Waals surface area contributed by atoms with Crippen LogP contribution in [0.2, 0.25) is 0 Å². The van der Waals surface area contributed by atoms with E-state index in [2.05, 4.69) is 130 Å². The molecule has 0 saturated heterocycles. The van der Waals surface area contributed by atoms with Gasteiger partial charge in [0.05, 0.1) is 27.8 Å². The highest BCUT2D eigenvalue weighted by Gasteiger charge is 2.23. The Hall–Kier alpha value is -3.50. The molecule has 4 heteroatoms. The third-order valence-corrected chi connectivity index (χ3v) is 8.94. The molecule has 0 radical (unpaired) electrons. The van der Waals surface area contributed by atoms with Crippen LogP contribution in [-0.4, -0.2) is 14.1 Å². The Balaban J connectivity index is 1.49. The van der Waals surface area contributed by atoms with Crippen LogP contribution in [0, 0.1) is 0 Å². The summed E-state index contributed by atoms with van der Waals surface area (Å²) in [4.78, 5) is 5.09. The first-order chi connectivity index (χ1) is 18.1. The van der Waals surface area contributed by atoms with Crippen LogP contribution in [0.3, 0.4) is 0 Å². The second-order valence-corrected chi connectivity index (χ2v) is 13.6. The topological polar surface area (TPSA) is 22.8 Å². The van der Waals surface area contributed by atoms with Crippen LogP contribution in [0.4, 0.5) is 0 Å². The minimum Gasteiger partial charge on any atom is -0.309 e. The number of hydrogen-bond donors (Lipinski definition) is 0. The molecule has 38 heavy (non-hydrogen) atoms. The molecule has 1 aliphatic heterocycles. The average Bonchev–Trinajstić information content (AvgIpc) is 3.42. The smallest absolute Gasteiger partial charge is 0.174 e. The van der Waals surface area contributed by atoms with E-state index in [9.17, 15) is 0 Å². The van der Waals surface area contributed by atoms with Gasteiger partial charge < -0.3 is 4.57 Å². The second kappa shape index (κ2) is 8.00. The molecular weight excluding hydrogens is 482 g/mol. The maximum atomic E-state index is 5.09. The largest absolute Gasteiger partial charge is 0.309 e. The highest BCUT2D eigenvalue weighted by atomic mass is 32.2. The van der Waals surface area contributed by atoms with Crippen LogP contribution in [0.1, 0.15) is 58.2 Å². The Morgan fingerprint density at radius 1 is 0.658 bits per heavy atom. The molecule has 0 N–H and O–H groups in total. The maximum Gasteiger partial charge on any atom is 0.174 e. The molecule has 0 fully saturated rings. The van der Waals surface area contributed by atoms with E-state index in [1.54, 1.807) is 0 Å². The predicted molar refractivity (Wildman–Crippen MR) is 162 cm³/mol. The fourth-order valence-corrected chi connectivity index (χ4v) is 6.76. The van der Waals surface area contributed by atoms with Crippen molar-refractivity contribution < 1.29 is 0 Å². The first-order valence-corrected chi connectivity index (χ1v) is 14.4. The molecule has 0 aliphatic carbocycles. The zero-order valence-corrected chi connectivity index (χ0v) is 23.8. The Morgan fingerprint density at radius 3 is 1.89 bits per heavy atom. The molecule has 0 atom stereocenters. The van der Waals surface area contributed by atoms with Crippen molar-refractivity contribution in [1.82, 2.24) is 14.1 Å². The number of para-hydroxylation sites is 1. The average molecular weight is 516 g/mol. The second-order valence-electron chi connectivity index (χ2n) is 12.6. The number of benzene rings is 4. The zero-order valence-electron chi connectivity index (χ0n) is 23.0. The summed E-state index contributed by atoms with van der Waals surface area (Å²) in [6.07, 6.45) is 0. The van der Waals surface area contributed by atoms with Gasteiger partial charge in [-0.05, 0) is 76.1 Å². The molecule has 7 rings (SSSR count). The van der Waals surface area contributed by atoms with Crippen molar-refractivity contribution in [2.75, 3.05) is 0 Å². The molecule has 4 aromatic carbocycles. The third kappa shape index (κ3) is 3.54. The Labute approximate surface area is 228 Å². The quantitative estimate of drug-likeness (QED) is 0.218. The van der Waals surface area contributed by atoms with Gasteiger partial charge in [0.2, 0.25) is 0 Å². The molecule has 3 nitrogen and oxygen atoms in total. The van der Waals surface area contributed by atoms with Gasteiger partial charge in [-0.25, -0.2) is 4.98 Å². The highest BCUT2D eigenvalue weighted by molar-refractivity contribution is 7.98. The van der Waals surface area contributed by atoms with Crippen LogP contribution in [0.15, 0.2) is 84.0 Å². The van der Waals surface area contributed by atoms with E-state index in [1.807, 2.05) is 11.8 Å². The van der Waals surface area contributed by atoms with Crippen molar-refractivity contribution in [2.45, 2.75) is 63.3 Å². The lowest BCUT2D eigenvalue weighted by Gasteiger charge is -2.19. The first kappa shape index (κ1) is 23.6. The van der Waals surface area contributed by atoms with Gasteiger partial charge in [-0.15, -0.1) is 0 Å². The third-order valence-electron chi connectivity index (χ3n) is 7.95. The van der Waals surface area contributed by atoms with Crippen LogP contribution in [0.25, 0.3) is 44.2 Å².